The molecule has 0 aliphatic heterocycles. The average Bonchev–Trinajstić information content (AvgIpc) is 3.45. The van der Waals surface area contributed by atoms with E-state index in [0.717, 1.165) is 41.0 Å². The molecule has 0 heterocycles. The maximum Gasteiger partial charge on any atom is 0.261 e. The van der Waals surface area contributed by atoms with Crippen LogP contribution in [0.5, 0.6) is 11.5 Å². The quantitative estimate of drug-likeness (QED) is 0.768. The maximum absolute atomic E-state index is 12.7. The van der Waals surface area contributed by atoms with Crippen molar-refractivity contribution >= 4 is 5.91 Å². The molecule has 0 saturated heterocycles. The number of benzene rings is 2. The van der Waals surface area contributed by atoms with Crippen molar-refractivity contribution in [2.45, 2.75) is 39.3 Å². The van der Waals surface area contributed by atoms with Gasteiger partial charge in [-0.15, -0.1) is 0 Å². The maximum atomic E-state index is 12.7. The van der Waals surface area contributed by atoms with Crippen molar-refractivity contribution in [2.75, 3.05) is 13.7 Å². The molecule has 0 spiro atoms. The number of ether oxygens (including phenoxy) is 2. The molecule has 0 atom stereocenters. The van der Waals surface area contributed by atoms with Crippen LogP contribution in [0.1, 0.15) is 29.5 Å². The molecule has 0 bridgehead atoms. The molecule has 25 heavy (non-hydrogen) atoms. The molecule has 1 fully saturated rings. The van der Waals surface area contributed by atoms with Crippen LogP contribution < -0.4 is 9.47 Å². The number of carbonyl (C=O) groups excluding carboxylic acids is 1. The molecule has 0 aromatic heterocycles. The largest absolute Gasteiger partial charge is 0.497 e. The highest BCUT2D eigenvalue weighted by atomic mass is 16.5. The van der Waals surface area contributed by atoms with Crippen LogP contribution in [0.25, 0.3) is 0 Å². The van der Waals surface area contributed by atoms with Crippen molar-refractivity contribution in [1.29, 1.82) is 0 Å². The second-order valence-corrected chi connectivity index (χ2v) is 6.66. The number of hydrogen-bond donors (Lipinski definition) is 0. The van der Waals surface area contributed by atoms with Crippen LogP contribution in [0.15, 0.2) is 42.5 Å². The highest BCUT2D eigenvalue weighted by Gasteiger charge is 2.32. The van der Waals surface area contributed by atoms with Crippen molar-refractivity contribution in [1.82, 2.24) is 4.90 Å². The summed E-state index contributed by atoms with van der Waals surface area (Å²) in [4.78, 5) is 14.6. The summed E-state index contributed by atoms with van der Waals surface area (Å²) in [6.45, 7) is 4.71. The number of aryl methyl sites for hydroxylation is 2. The molecular formula is C21H25NO3. The molecule has 0 N–H and O–H groups in total. The number of carbonyl (C=O) groups is 1. The second-order valence-electron chi connectivity index (χ2n) is 6.66. The number of nitrogens with zero attached hydrogens (tertiary/aromatic N) is 1. The summed E-state index contributed by atoms with van der Waals surface area (Å²) < 4.78 is 11.0. The van der Waals surface area contributed by atoms with Crippen LogP contribution in [-0.4, -0.2) is 30.6 Å². The van der Waals surface area contributed by atoms with Crippen LogP contribution in [-0.2, 0) is 11.3 Å². The van der Waals surface area contributed by atoms with E-state index >= 15 is 0 Å². The topological polar surface area (TPSA) is 38.8 Å². The van der Waals surface area contributed by atoms with Crippen LogP contribution in [0.2, 0.25) is 0 Å². The molecule has 4 heteroatoms. The molecule has 0 unspecified atom stereocenters. The highest BCUT2D eigenvalue weighted by Crippen LogP contribution is 2.29. The number of rotatable bonds is 7. The lowest BCUT2D eigenvalue weighted by Crippen LogP contribution is -2.36. The van der Waals surface area contributed by atoms with Crippen molar-refractivity contribution in [3.05, 3.63) is 59.2 Å². The lowest BCUT2D eigenvalue weighted by molar-refractivity contribution is -0.134. The smallest absolute Gasteiger partial charge is 0.261 e. The molecule has 0 radical (unpaired) electrons. The van der Waals surface area contributed by atoms with E-state index in [2.05, 4.69) is 0 Å². The van der Waals surface area contributed by atoms with Crippen molar-refractivity contribution < 1.29 is 14.3 Å². The van der Waals surface area contributed by atoms with Gasteiger partial charge in [-0.05, 0) is 61.6 Å². The van der Waals surface area contributed by atoms with Crippen molar-refractivity contribution in [3.63, 3.8) is 0 Å². The minimum Gasteiger partial charge on any atom is -0.497 e. The van der Waals surface area contributed by atoms with E-state index in [0.29, 0.717) is 12.6 Å². The van der Waals surface area contributed by atoms with Gasteiger partial charge >= 0.3 is 0 Å². The summed E-state index contributed by atoms with van der Waals surface area (Å²) >= 11 is 0. The molecule has 4 nitrogen and oxygen atoms in total. The standard InChI is InChI=1S/C21H25NO3/c1-15-4-5-16(2)20(12-15)25-14-21(23)22(18-8-9-18)13-17-6-10-19(24-3)11-7-17/h4-7,10-12,18H,8-9,13-14H2,1-3H3. The monoisotopic (exact) mass is 339 g/mol. The number of amides is 1. The zero-order valence-electron chi connectivity index (χ0n) is 15.1. The molecule has 1 saturated carbocycles. The summed E-state index contributed by atoms with van der Waals surface area (Å²) in [5.74, 6) is 1.65. The van der Waals surface area contributed by atoms with E-state index in [1.54, 1.807) is 7.11 Å². The SMILES string of the molecule is COc1ccc(CN(C(=O)COc2cc(C)ccc2C)C2CC2)cc1. The predicted octanol–water partition coefficient (Wildman–Crippen LogP) is 3.88. The Balaban J connectivity index is 1.63. The Hall–Kier alpha value is -2.49. The van der Waals surface area contributed by atoms with Crippen LogP contribution in [0.4, 0.5) is 0 Å². The van der Waals surface area contributed by atoms with Gasteiger partial charge in [0.2, 0.25) is 0 Å². The fraction of sp³-hybridized carbons (Fsp3) is 0.381. The average molecular weight is 339 g/mol. The van der Waals surface area contributed by atoms with Crippen LogP contribution in [0.3, 0.4) is 0 Å². The third-order valence-corrected chi connectivity index (χ3v) is 4.51. The molecule has 1 aliphatic rings. The van der Waals surface area contributed by atoms with Crippen molar-refractivity contribution in [3.8, 4) is 11.5 Å². The van der Waals surface area contributed by atoms with E-state index in [9.17, 15) is 4.79 Å². The van der Waals surface area contributed by atoms with E-state index < -0.39 is 0 Å². The summed E-state index contributed by atoms with van der Waals surface area (Å²) in [5, 5.41) is 0. The fourth-order valence-corrected chi connectivity index (χ4v) is 2.82. The lowest BCUT2D eigenvalue weighted by atomic mass is 10.1. The molecular weight excluding hydrogens is 314 g/mol. The molecule has 2 aromatic rings. The Morgan fingerprint density at radius 2 is 1.84 bits per heavy atom. The third-order valence-electron chi connectivity index (χ3n) is 4.51. The van der Waals surface area contributed by atoms with Gasteiger partial charge in [0.05, 0.1) is 7.11 Å². The van der Waals surface area contributed by atoms with Crippen LogP contribution >= 0.6 is 0 Å². The molecule has 1 amide bonds. The van der Waals surface area contributed by atoms with Gasteiger partial charge in [-0.3, -0.25) is 4.79 Å². The summed E-state index contributed by atoms with van der Waals surface area (Å²) in [7, 11) is 1.65. The van der Waals surface area contributed by atoms with Gasteiger partial charge in [-0.25, -0.2) is 0 Å². The third kappa shape index (κ3) is 4.53. The van der Waals surface area contributed by atoms with Gasteiger partial charge in [0, 0.05) is 12.6 Å². The van der Waals surface area contributed by atoms with Gasteiger partial charge in [0.1, 0.15) is 11.5 Å². The Kier molecular flexibility index (Phi) is 5.27. The van der Waals surface area contributed by atoms with Gasteiger partial charge in [-0.2, -0.15) is 0 Å². The van der Waals surface area contributed by atoms with Crippen molar-refractivity contribution in [2.24, 2.45) is 0 Å². The normalized spacial score (nSPS) is 13.4. The first kappa shape index (κ1) is 17.3. The Labute approximate surface area is 149 Å². The summed E-state index contributed by atoms with van der Waals surface area (Å²) in [6, 6.07) is 14.3. The molecule has 2 aromatic carbocycles. The van der Waals surface area contributed by atoms with Gasteiger partial charge in [0.15, 0.2) is 6.61 Å². The first-order valence-electron chi connectivity index (χ1n) is 8.69. The summed E-state index contributed by atoms with van der Waals surface area (Å²) in [5.41, 5.74) is 3.28. The zero-order valence-corrected chi connectivity index (χ0v) is 15.1. The Morgan fingerprint density at radius 3 is 2.48 bits per heavy atom. The van der Waals surface area contributed by atoms with E-state index in [4.69, 9.17) is 9.47 Å². The molecule has 132 valence electrons. The Bertz CT molecular complexity index is 735. The van der Waals surface area contributed by atoms with E-state index in [-0.39, 0.29) is 12.5 Å². The van der Waals surface area contributed by atoms with E-state index in [1.807, 2.05) is 61.2 Å². The number of hydrogen-bond acceptors (Lipinski definition) is 3. The summed E-state index contributed by atoms with van der Waals surface area (Å²) in [6.07, 6.45) is 2.15. The lowest BCUT2D eigenvalue weighted by Gasteiger charge is -2.23. The fourth-order valence-electron chi connectivity index (χ4n) is 2.82. The van der Waals surface area contributed by atoms with Crippen LogP contribution in [0, 0.1) is 13.8 Å². The van der Waals surface area contributed by atoms with Gasteiger partial charge in [-0.1, -0.05) is 24.3 Å². The van der Waals surface area contributed by atoms with Gasteiger partial charge < -0.3 is 14.4 Å². The Morgan fingerprint density at radius 1 is 1.12 bits per heavy atom. The minimum absolute atomic E-state index is 0.0409. The number of methoxy groups -OCH3 is 1. The van der Waals surface area contributed by atoms with E-state index in [1.165, 1.54) is 0 Å². The highest BCUT2D eigenvalue weighted by molar-refractivity contribution is 5.78. The minimum atomic E-state index is 0.0409. The molecule has 1 aliphatic carbocycles. The first-order chi connectivity index (χ1) is 12.1. The zero-order chi connectivity index (χ0) is 17.8. The second kappa shape index (κ2) is 7.60. The first-order valence-corrected chi connectivity index (χ1v) is 8.69. The molecule has 3 rings (SSSR count). The predicted molar refractivity (Wildman–Crippen MR) is 98.0 cm³/mol. The van der Waals surface area contributed by atoms with Gasteiger partial charge in [0.25, 0.3) is 5.91 Å².